The van der Waals surface area contributed by atoms with E-state index in [1.807, 2.05) is 6.92 Å². The third kappa shape index (κ3) is 4.04. The van der Waals surface area contributed by atoms with Crippen molar-refractivity contribution in [2.24, 2.45) is 11.3 Å². The molecule has 2 N–H and O–H groups in total. The predicted molar refractivity (Wildman–Crippen MR) is 80.0 cm³/mol. The van der Waals surface area contributed by atoms with E-state index in [-0.39, 0.29) is 22.7 Å². The van der Waals surface area contributed by atoms with Crippen LogP contribution in [0.1, 0.15) is 34.6 Å². The van der Waals surface area contributed by atoms with Crippen LogP contribution in [0, 0.1) is 21.4 Å². The standard InChI is InChI=1S/C13H23N5O2/c1-6-14-11-10(18(19)20)12(17-8-16-11)15-7-9(2)13(3,4)5/h8-9H,6-7H2,1-5H3,(H2,14,15,16,17). The van der Waals surface area contributed by atoms with Crippen LogP contribution in [-0.4, -0.2) is 28.0 Å². The van der Waals surface area contributed by atoms with Gasteiger partial charge in [-0.1, -0.05) is 27.7 Å². The molecule has 7 heteroatoms. The molecule has 0 aliphatic carbocycles. The maximum atomic E-state index is 11.2. The summed E-state index contributed by atoms with van der Waals surface area (Å²) in [6.07, 6.45) is 1.33. The zero-order chi connectivity index (χ0) is 15.3. The topological polar surface area (TPSA) is 93.0 Å². The second-order valence-electron chi connectivity index (χ2n) is 5.85. The highest BCUT2D eigenvalue weighted by molar-refractivity contribution is 5.69. The third-order valence-electron chi connectivity index (χ3n) is 3.40. The molecule has 0 fully saturated rings. The Labute approximate surface area is 119 Å². The molecule has 0 saturated carbocycles. The minimum Gasteiger partial charge on any atom is -0.364 e. The van der Waals surface area contributed by atoms with Gasteiger partial charge in [0.1, 0.15) is 6.33 Å². The molecule has 0 aromatic carbocycles. The van der Waals surface area contributed by atoms with E-state index in [4.69, 9.17) is 0 Å². The largest absolute Gasteiger partial charge is 0.364 e. The fourth-order valence-electron chi connectivity index (χ4n) is 1.53. The summed E-state index contributed by atoms with van der Waals surface area (Å²) in [5.41, 5.74) is 0.0229. The number of hydrogen-bond acceptors (Lipinski definition) is 6. The molecule has 7 nitrogen and oxygen atoms in total. The van der Waals surface area contributed by atoms with E-state index in [0.29, 0.717) is 19.0 Å². The van der Waals surface area contributed by atoms with Crippen LogP contribution in [0.4, 0.5) is 17.3 Å². The lowest BCUT2D eigenvalue weighted by Gasteiger charge is -2.27. The van der Waals surface area contributed by atoms with Crippen LogP contribution in [0.25, 0.3) is 0 Å². The van der Waals surface area contributed by atoms with Crippen molar-refractivity contribution in [3.8, 4) is 0 Å². The van der Waals surface area contributed by atoms with Gasteiger partial charge < -0.3 is 10.6 Å². The van der Waals surface area contributed by atoms with E-state index >= 15 is 0 Å². The lowest BCUT2D eigenvalue weighted by Crippen LogP contribution is -2.25. The lowest BCUT2D eigenvalue weighted by atomic mass is 9.82. The van der Waals surface area contributed by atoms with Gasteiger partial charge in [0, 0.05) is 13.1 Å². The van der Waals surface area contributed by atoms with Crippen LogP contribution in [0.15, 0.2) is 6.33 Å². The van der Waals surface area contributed by atoms with Crippen molar-refractivity contribution in [1.82, 2.24) is 9.97 Å². The average Bonchev–Trinajstić information content (AvgIpc) is 2.34. The fourth-order valence-corrected chi connectivity index (χ4v) is 1.53. The van der Waals surface area contributed by atoms with Gasteiger partial charge in [0.15, 0.2) is 0 Å². The second kappa shape index (κ2) is 6.49. The molecule has 1 aromatic rings. The minimum absolute atomic E-state index is 0.101. The molecule has 0 aliphatic heterocycles. The SMILES string of the molecule is CCNc1ncnc(NCC(C)C(C)(C)C)c1[N+](=O)[O-]. The first kappa shape index (κ1) is 16.1. The number of nitrogens with one attached hydrogen (secondary N) is 2. The van der Waals surface area contributed by atoms with Crippen molar-refractivity contribution in [2.45, 2.75) is 34.6 Å². The zero-order valence-corrected chi connectivity index (χ0v) is 12.7. The van der Waals surface area contributed by atoms with Crippen molar-refractivity contribution in [3.63, 3.8) is 0 Å². The molecule has 112 valence electrons. The highest BCUT2D eigenvalue weighted by Gasteiger charge is 2.25. The van der Waals surface area contributed by atoms with Crippen molar-refractivity contribution < 1.29 is 4.92 Å². The van der Waals surface area contributed by atoms with Crippen LogP contribution in [0.3, 0.4) is 0 Å². The molecule has 1 atom stereocenters. The third-order valence-corrected chi connectivity index (χ3v) is 3.40. The number of aromatic nitrogens is 2. The molecule has 0 aliphatic rings. The molecular formula is C13H23N5O2. The van der Waals surface area contributed by atoms with Crippen molar-refractivity contribution in [2.75, 3.05) is 23.7 Å². The molecule has 0 amide bonds. The van der Waals surface area contributed by atoms with Crippen LogP contribution in [0.2, 0.25) is 0 Å². The predicted octanol–water partition coefficient (Wildman–Crippen LogP) is 2.91. The molecule has 20 heavy (non-hydrogen) atoms. The second-order valence-corrected chi connectivity index (χ2v) is 5.85. The Balaban J connectivity index is 2.95. The number of nitro groups is 1. The Morgan fingerprint density at radius 3 is 2.30 bits per heavy atom. The van der Waals surface area contributed by atoms with Gasteiger partial charge in [0.25, 0.3) is 0 Å². The number of anilines is 2. The first-order chi connectivity index (χ1) is 9.27. The van der Waals surface area contributed by atoms with Gasteiger partial charge in [-0.2, -0.15) is 0 Å². The normalized spacial score (nSPS) is 12.8. The van der Waals surface area contributed by atoms with Gasteiger partial charge >= 0.3 is 5.69 Å². The van der Waals surface area contributed by atoms with Crippen molar-refractivity contribution in [3.05, 3.63) is 16.4 Å². The Kier molecular flexibility index (Phi) is 5.24. The van der Waals surface area contributed by atoms with E-state index in [0.717, 1.165) is 0 Å². The summed E-state index contributed by atoms with van der Waals surface area (Å²) < 4.78 is 0. The summed E-state index contributed by atoms with van der Waals surface area (Å²) in [6.45, 7) is 11.6. The minimum atomic E-state index is -0.456. The highest BCUT2D eigenvalue weighted by atomic mass is 16.6. The van der Waals surface area contributed by atoms with Gasteiger partial charge in [-0.25, -0.2) is 9.97 Å². The molecule has 0 spiro atoms. The molecule has 1 rings (SSSR count). The Morgan fingerprint density at radius 2 is 1.85 bits per heavy atom. The van der Waals surface area contributed by atoms with E-state index in [9.17, 15) is 10.1 Å². The van der Waals surface area contributed by atoms with Crippen LogP contribution >= 0.6 is 0 Å². The Morgan fingerprint density at radius 1 is 1.30 bits per heavy atom. The van der Waals surface area contributed by atoms with E-state index < -0.39 is 4.92 Å². The van der Waals surface area contributed by atoms with E-state index in [1.165, 1.54) is 6.33 Å². The van der Waals surface area contributed by atoms with Crippen LogP contribution in [-0.2, 0) is 0 Å². The quantitative estimate of drug-likeness (QED) is 0.615. The first-order valence-electron chi connectivity index (χ1n) is 6.74. The maximum absolute atomic E-state index is 11.2. The van der Waals surface area contributed by atoms with Gasteiger partial charge in [-0.3, -0.25) is 10.1 Å². The van der Waals surface area contributed by atoms with Gasteiger partial charge in [0.05, 0.1) is 4.92 Å². The first-order valence-corrected chi connectivity index (χ1v) is 6.74. The Bertz CT molecular complexity index is 470. The van der Waals surface area contributed by atoms with Gasteiger partial charge in [0.2, 0.25) is 11.6 Å². The van der Waals surface area contributed by atoms with Crippen molar-refractivity contribution >= 4 is 17.3 Å². The molecule has 1 aromatic heterocycles. The number of hydrogen-bond donors (Lipinski definition) is 2. The summed E-state index contributed by atoms with van der Waals surface area (Å²) in [4.78, 5) is 18.7. The van der Waals surface area contributed by atoms with Crippen LogP contribution in [0.5, 0.6) is 0 Å². The van der Waals surface area contributed by atoms with Gasteiger partial charge in [-0.05, 0) is 18.3 Å². The average molecular weight is 281 g/mol. The number of rotatable bonds is 6. The maximum Gasteiger partial charge on any atom is 0.353 e. The fraction of sp³-hybridized carbons (Fsp3) is 0.692. The molecule has 0 bridgehead atoms. The molecule has 0 saturated heterocycles. The monoisotopic (exact) mass is 281 g/mol. The van der Waals surface area contributed by atoms with Crippen molar-refractivity contribution in [1.29, 1.82) is 0 Å². The summed E-state index contributed by atoms with van der Waals surface area (Å²) in [6, 6.07) is 0. The van der Waals surface area contributed by atoms with Gasteiger partial charge in [-0.15, -0.1) is 0 Å². The molecular weight excluding hydrogens is 258 g/mol. The van der Waals surface area contributed by atoms with Crippen LogP contribution < -0.4 is 10.6 Å². The molecule has 1 unspecified atom stereocenters. The molecule has 1 heterocycles. The highest BCUT2D eigenvalue weighted by Crippen LogP contribution is 2.30. The smallest absolute Gasteiger partial charge is 0.353 e. The van der Waals surface area contributed by atoms with E-state index in [2.05, 4.69) is 48.3 Å². The lowest BCUT2D eigenvalue weighted by molar-refractivity contribution is -0.383. The number of nitrogens with zero attached hydrogens (tertiary/aromatic N) is 3. The Hall–Kier alpha value is -1.92. The summed E-state index contributed by atoms with van der Waals surface area (Å²) >= 11 is 0. The molecule has 0 radical (unpaired) electrons. The van der Waals surface area contributed by atoms with E-state index in [1.54, 1.807) is 0 Å². The summed E-state index contributed by atoms with van der Waals surface area (Å²) in [5, 5.41) is 17.2. The zero-order valence-electron chi connectivity index (χ0n) is 12.7. The summed E-state index contributed by atoms with van der Waals surface area (Å²) in [7, 11) is 0. The summed E-state index contributed by atoms with van der Waals surface area (Å²) in [5.74, 6) is 0.857.